The molecule has 1 fully saturated rings. The maximum absolute atomic E-state index is 13.4. The lowest BCUT2D eigenvalue weighted by Gasteiger charge is -2.29. The molecule has 0 saturated carbocycles. The van der Waals surface area contributed by atoms with Crippen LogP contribution in [-0.2, 0) is 21.6 Å². The van der Waals surface area contributed by atoms with Crippen LogP contribution in [0.4, 0.5) is 5.69 Å². The number of anilines is 1. The molecule has 0 spiro atoms. The third kappa shape index (κ3) is 6.15. The fraction of sp³-hybridized carbons (Fsp3) is 0.200. The van der Waals surface area contributed by atoms with Gasteiger partial charge in [0, 0.05) is 0 Å². The van der Waals surface area contributed by atoms with E-state index in [1.807, 2.05) is 24.3 Å². The average molecular weight is 545 g/mol. The highest BCUT2D eigenvalue weighted by Gasteiger charge is 2.34. The number of thiocarbonyl (C=S) groups is 1. The molecule has 0 bridgehead atoms. The number of benzene rings is 3. The van der Waals surface area contributed by atoms with Crippen LogP contribution >= 0.6 is 12.2 Å². The SMILES string of the molecule is COc1cc(/C=C2\C(=O)NC(=S)N(c3ccc(C(C)(C)C)cc3)C2=O)ccc1OCc1ccc(C(=O)O)cc1. The number of aromatic carboxylic acids is 1. The number of carbonyl (C=O) groups is 3. The highest BCUT2D eigenvalue weighted by molar-refractivity contribution is 7.80. The molecule has 8 nitrogen and oxygen atoms in total. The molecule has 0 aromatic heterocycles. The molecule has 0 unspecified atom stereocenters. The maximum atomic E-state index is 13.4. The average Bonchev–Trinajstić information content (AvgIpc) is 2.90. The molecule has 0 aliphatic carbocycles. The van der Waals surface area contributed by atoms with Gasteiger partial charge in [0.05, 0.1) is 18.4 Å². The molecule has 200 valence electrons. The Hall–Kier alpha value is -4.50. The predicted molar refractivity (Wildman–Crippen MR) is 152 cm³/mol. The van der Waals surface area contributed by atoms with Crippen LogP contribution in [-0.4, -0.2) is 35.1 Å². The highest BCUT2D eigenvalue weighted by atomic mass is 32.1. The number of carboxylic acids is 1. The minimum atomic E-state index is -0.998. The molecule has 2 N–H and O–H groups in total. The van der Waals surface area contributed by atoms with Crippen LogP contribution in [0.5, 0.6) is 11.5 Å². The van der Waals surface area contributed by atoms with E-state index in [-0.39, 0.29) is 28.3 Å². The van der Waals surface area contributed by atoms with Crippen LogP contribution in [0, 0.1) is 0 Å². The van der Waals surface area contributed by atoms with Crippen molar-refractivity contribution in [2.24, 2.45) is 0 Å². The van der Waals surface area contributed by atoms with Crippen LogP contribution in [0.3, 0.4) is 0 Å². The number of amides is 2. The van der Waals surface area contributed by atoms with Gasteiger partial charge < -0.3 is 14.6 Å². The molecular formula is C30H28N2O6S. The number of rotatable bonds is 7. The third-order valence-corrected chi connectivity index (χ3v) is 6.47. The standard InChI is InChI=1S/C30H28N2O6S/c1-30(2,3)21-10-12-22(13-11-21)32-27(34)23(26(33)31-29(32)39)15-19-7-14-24(25(16-19)37-4)38-17-18-5-8-20(9-6-18)28(35)36/h5-16H,17H2,1-4H3,(H,35,36)(H,31,33,39)/b23-15+. The van der Waals surface area contributed by atoms with Gasteiger partial charge in [0.25, 0.3) is 11.8 Å². The molecule has 1 aliphatic rings. The Morgan fingerprint density at radius 1 is 1.00 bits per heavy atom. The van der Waals surface area contributed by atoms with E-state index in [2.05, 4.69) is 26.1 Å². The van der Waals surface area contributed by atoms with E-state index in [4.69, 9.17) is 26.8 Å². The second kappa shape index (κ2) is 11.1. The van der Waals surface area contributed by atoms with Crippen molar-refractivity contribution in [1.82, 2.24) is 5.32 Å². The first-order valence-electron chi connectivity index (χ1n) is 12.1. The topological polar surface area (TPSA) is 105 Å². The van der Waals surface area contributed by atoms with Crippen LogP contribution < -0.4 is 19.7 Å². The van der Waals surface area contributed by atoms with Crippen LogP contribution in [0.1, 0.15) is 47.8 Å². The van der Waals surface area contributed by atoms with Crippen molar-refractivity contribution in [3.8, 4) is 11.5 Å². The minimum Gasteiger partial charge on any atom is -0.493 e. The summed E-state index contributed by atoms with van der Waals surface area (Å²) in [6.45, 7) is 6.49. The van der Waals surface area contributed by atoms with Crippen LogP contribution in [0.25, 0.3) is 6.08 Å². The van der Waals surface area contributed by atoms with Crippen molar-refractivity contribution in [2.45, 2.75) is 32.8 Å². The molecule has 4 rings (SSSR count). The number of carbonyl (C=O) groups excluding carboxylic acids is 2. The summed E-state index contributed by atoms with van der Waals surface area (Å²) in [5.41, 5.74) is 3.07. The lowest BCUT2D eigenvalue weighted by Crippen LogP contribution is -2.54. The molecule has 1 heterocycles. The molecule has 0 radical (unpaired) electrons. The van der Waals surface area contributed by atoms with E-state index in [1.165, 1.54) is 30.2 Å². The smallest absolute Gasteiger partial charge is 0.335 e. The zero-order chi connectivity index (χ0) is 28.3. The van der Waals surface area contributed by atoms with Gasteiger partial charge in [-0.2, -0.15) is 0 Å². The van der Waals surface area contributed by atoms with E-state index in [0.717, 1.165) is 11.1 Å². The van der Waals surface area contributed by atoms with Crippen molar-refractivity contribution < 1.29 is 29.0 Å². The first-order valence-corrected chi connectivity index (χ1v) is 12.5. The van der Waals surface area contributed by atoms with Gasteiger partial charge in [-0.05, 0) is 76.8 Å². The van der Waals surface area contributed by atoms with Crippen LogP contribution in [0.15, 0.2) is 72.3 Å². The molecule has 3 aromatic carbocycles. The lowest BCUT2D eigenvalue weighted by molar-refractivity contribution is -0.122. The Labute approximate surface area is 231 Å². The van der Waals surface area contributed by atoms with E-state index in [9.17, 15) is 14.4 Å². The Bertz CT molecular complexity index is 1470. The van der Waals surface area contributed by atoms with Crippen molar-refractivity contribution in [3.63, 3.8) is 0 Å². The van der Waals surface area contributed by atoms with Crippen molar-refractivity contribution >= 4 is 46.9 Å². The predicted octanol–water partition coefficient (Wildman–Crippen LogP) is 5.10. The molecule has 9 heteroatoms. The van der Waals surface area contributed by atoms with E-state index in [1.54, 1.807) is 30.3 Å². The second-order valence-corrected chi connectivity index (χ2v) is 10.3. The highest BCUT2D eigenvalue weighted by Crippen LogP contribution is 2.31. The van der Waals surface area contributed by atoms with Gasteiger partial charge in [0.1, 0.15) is 12.2 Å². The number of methoxy groups -OCH3 is 1. The Morgan fingerprint density at radius 2 is 1.67 bits per heavy atom. The zero-order valence-corrected chi connectivity index (χ0v) is 22.8. The van der Waals surface area contributed by atoms with Gasteiger partial charge in [-0.3, -0.25) is 19.8 Å². The fourth-order valence-electron chi connectivity index (χ4n) is 3.97. The summed E-state index contributed by atoms with van der Waals surface area (Å²) in [5, 5.41) is 11.7. The van der Waals surface area contributed by atoms with Gasteiger partial charge in [-0.15, -0.1) is 0 Å². The van der Waals surface area contributed by atoms with Crippen molar-refractivity contribution in [2.75, 3.05) is 12.0 Å². The maximum Gasteiger partial charge on any atom is 0.335 e. The summed E-state index contributed by atoms with van der Waals surface area (Å²) in [5.74, 6) is -1.26. The molecule has 1 saturated heterocycles. The Kier molecular flexibility index (Phi) is 7.83. The summed E-state index contributed by atoms with van der Waals surface area (Å²) < 4.78 is 11.3. The van der Waals surface area contributed by atoms with Crippen molar-refractivity contribution in [1.29, 1.82) is 0 Å². The first-order chi connectivity index (χ1) is 18.5. The van der Waals surface area contributed by atoms with Gasteiger partial charge in [-0.1, -0.05) is 51.1 Å². The largest absolute Gasteiger partial charge is 0.493 e. The molecule has 0 atom stereocenters. The van der Waals surface area contributed by atoms with Gasteiger partial charge >= 0.3 is 5.97 Å². The van der Waals surface area contributed by atoms with Gasteiger partial charge in [0.15, 0.2) is 16.6 Å². The Morgan fingerprint density at radius 3 is 2.26 bits per heavy atom. The van der Waals surface area contributed by atoms with E-state index in [0.29, 0.717) is 22.7 Å². The zero-order valence-electron chi connectivity index (χ0n) is 22.0. The van der Waals surface area contributed by atoms with Gasteiger partial charge in [-0.25, -0.2) is 4.79 Å². The first kappa shape index (κ1) is 27.5. The molecule has 39 heavy (non-hydrogen) atoms. The summed E-state index contributed by atoms with van der Waals surface area (Å²) in [6, 6.07) is 18.9. The van der Waals surface area contributed by atoms with E-state index < -0.39 is 17.8 Å². The summed E-state index contributed by atoms with van der Waals surface area (Å²) in [4.78, 5) is 38.5. The summed E-state index contributed by atoms with van der Waals surface area (Å²) in [6.07, 6.45) is 1.48. The van der Waals surface area contributed by atoms with Crippen molar-refractivity contribution in [3.05, 3.63) is 94.6 Å². The number of nitrogens with zero attached hydrogens (tertiary/aromatic N) is 1. The summed E-state index contributed by atoms with van der Waals surface area (Å²) in [7, 11) is 1.49. The fourth-order valence-corrected chi connectivity index (χ4v) is 4.25. The Balaban J connectivity index is 1.55. The summed E-state index contributed by atoms with van der Waals surface area (Å²) >= 11 is 5.31. The third-order valence-electron chi connectivity index (χ3n) is 6.19. The number of hydrogen-bond acceptors (Lipinski definition) is 6. The minimum absolute atomic E-state index is 0.0170. The quantitative estimate of drug-likeness (QED) is 0.242. The molecular weight excluding hydrogens is 516 g/mol. The lowest BCUT2D eigenvalue weighted by atomic mass is 9.87. The van der Waals surface area contributed by atoms with Crippen LogP contribution in [0.2, 0.25) is 0 Å². The number of hydrogen-bond donors (Lipinski definition) is 2. The number of nitrogens with one attached hydrogen (secondary N) is 1. The van der Waals surface area contributed by atoms with E-state index >= 15 is 0 Å². The van der Waals surface area contributed by atoms with Gasteiger partial charge in [0.2, 0.25) is 0 Å². The molecule has 1 aliphatic heterocycles. The molecule has 3 aromatic rings. The second-order valence-electron chi connectivity index (χ2n) is 9.96. The molecule has 2 amide bonds. The monoisotopic (exact) mass is 544 g/mol. The number of carboxylic acid groups (broad SMARTS) is 1. The normalized spacial score (nSPS) is 14.8. The number of ether oxygens (including phenoxy) is 2.